The molecule has 3 aromatic rings. The van der Waals surface area contributed by atoms with Gasteiger partial charge in [-0.1, -0.05) is 91.0 Å². The number of halogens is 1. The summed E-state index contributed by atoms with van der Waals surface area (Å²) in [5, 5.41) is 9.91. The first-order chi connectivity index (χ1) is 16.2. The third-order valence-corrected chi connectivity index (χ3v) is 5.61. The van der Waals surface area contributed by atoms with Crippen molar-refractivity contribution in [2.45, 2.75) is 50.6 Å². The number of hydrogen-bond donors (Lipinski definition) is 1. The van der Waals surface area contributed by atoms with E-state index in [1.165, 1.54) is 0 Å². The van der Waals surface area contributed by atoms with E-state index >= 15 is 4.39 Å². The summed E-state index contributed by atoms with van der Waals surface area (Å²) in [6, 6.07) is 28.9. The van der Waals surface area contributed by atoms with Gasteiger partial charge in [0.05, 0.1) is 26.4 Å². The Morgan fingerprint density at radius 3 is 1.42 bits per heavy atom. The van der Waals surface area contributed by atoms with Crippen LogP contribution in [0.1, 0.15) is 16.7 Å². The molecule has 1 saturated heterocycles. The molecule has 2 unspecified atom stereocenters. The van der Waals surface area contributed by atoms with Gasteiger partial charge in [-0.25, -0.2) is 4.39 Å². The lowest BCUT2D eigenvalue weighted by Gasteiger charge is -2.43. The first-order valence-electron chi connectivity index (χ1n) is 11.1. The molecule has 174 valence electrons. The third kappa shape index (κ3) is 6.47. The molecule has 1 heterocycles. The van der Waals surface area contributed by atoms with Crippen molar-refractivity contribution in [3.8, 4) is 0 Å². The number of benzene rings is 3. The maximum atomic E-state index is 15.1. The first kappa shape index (κ1) is 23.5. The number of aliphatic hydroxyl groups excluding tert-OH is 1. The Kier molecular flexibility index (Phi) is 8.58. The van der Waals surface area contributed by atoms with Crippen molar-refractivity contribution < 1.29 is 28.4 Å². The van der Waals surface area contributed by atoms with Crippen LogP contribution in [0.3, 0.4) is 0 Å². The van der Waals surface area contributed by atoms with E-state index in [0.717, 1.165) is 16.7 Å². The number of ether oxygens (including phenoxy) is 4. The fourth-order valence-corrected chi connectivity index (χ4v) is 3.88. The van der Waals surface area contributed by atoms with Crippen LogP contribution >= 0.6 is 0 Å². The number of aliphatic hydroxyl groups is 1. The summed E-state index contributed by atoms with van der Waals surface area (Å²) >= 11 is 0. The molecule has 0 radical (unpaired) electrons. The van der Waals surface area contributed by atoms with Crippen LogP contribution in [0.2, 0.25) is 0 Å². The molecule has 0 saturated carbocycles. The molecule has 6 heteroatoms. The summed E-state index contributed by atoms with van der Waals surface area (Å²) in [6.07, 6.45) is -5.15. The highest BCUT2D eigenvalue weighted by molar-refractivity contribution is 5.15. The van der Waals surface area contributed by atoms with Gasteiger partial charge in [0.1, 0.15) is 24.4 Å². The Bertz CT molecular complexity index is 941. The lowest BCUT2D eigenvalue weighted by molar-refractivity contribution is -0.296. The zero-order valence-electron chi connectivity index (χ0n) is 18.3. The fourth-order valence-electron chi connectivity index (χ4n) is 3.88. The van der Waals surface area contributed by atoms with E-state index < -0.39 is 37.4 Å². The molecule has 0 bridgehead atoms. The van der Waals surface area contributed by atoms with Crippen LogP contribution in [0.15, 0.2) is 91.0 Å². The van der Waals surface area contributed by atoms with Crippen LogP contribution in [0.25, 0.3) is 0 Å². The Hall–Kier alpha value is -2.61. The van der Waals surface area contributed by atoms with Crippen molar-refractivity contribution in [2.24, 2.45) is 0 Å². The molecule has 1 aliphatic rings. The Balaban J connectivity index is 1.53. The monoisotopic (exact) mass is 452 g/mol. The predicted octanol–water partition coefficient (Wildman–Crippen LogP) is 4.43. The smallest absolute Gasteiger partial charge is 0.228 e. The first-order valence-corrected chi connectivity index (χ1v) is 11.1. The van der Waals surface area contributed by atoms with Gasteiger partial charge in [-0.15, -0.1) is 0 Å². The molecule has 3 aromatic carbocycles. The van der Waals surface area contributed by atoms with Gasteiger partial charge in [0.25, 0.3) is 0 Å². The molecule has 1 aliphatic heterocycles. The largest absolute Gasteiger partial charge is 0.394 e. The Morgan fingerprint density at radius 1 is 0.606 bits per heavy atom. The van der Waals surface area contributed by atoms with Crippen molar-refractivity contribution in [1.29, 1.82) is 0 Å². The van der Waals surface area contributed by atoms with Crippen LogP contribution < -0.4 is 0 Å². The summed E-state index contributed by atoms with van der Waals surface area (Å²) in [5.74, 6) is 0. The number of hydrogen-bond acceptors (Lipinski definition) is 5. The minimum Gasteiger partial charge on any atom is -0.394 e. The Morgan fingerprint density at radius 2 is 1.00 bits per heavy atom. The van der Waals surface area contributed by atoms with Crippen LogP contribution in [-0.4, -0.2) is 42.5 Å². The third-order valence-electron chi connectivity index (χ3n) is 5.61. The molecular weight excluding hydrogens is 423 g/mol. The molecule has 1 fully saturated rings. The molecule has 0 spiro atoms. The molecule has 1 N–H and O–H groups in total. The highest BCUT2D eigenvalue weighted by atomic mass is 19.1. The fraction of sp³-hybridized carbons (Fsp3) is 0.333. The van der Waals surface area contributed by atoms with Gasteiger partial charge < -0.3 is 24.1 Å². The summed E-state index contributed by atoms with van der Waals surface area (Å²) in [6.45, 7) is 0.345. The second-order valence-electron chi connectivity index (χ2n) is 7.99. The maximum absolute atomic E-state index is 15.1. The Labute approximate surface area is 193 Å². The average molecular weight is 453 g/mol. The normalized spacial score (nSPS) is 25.1. The van der Waals surface area contributed by atoms with E-state index in [-0.39, 0.29) is 19.8 Å². The number of rotatable bonds is 10. The molecule has 0 aromatic heterocycles. The maximum Gasteiger partial charge on any atom is 0.228 e. The van der Waals surface area contributed by atoms with Crippen molar-refractivity contribution in [1.82, 2.24) is 0 Å². The van der Waals surface area contributed by atoms with Gasteiger partial charge in [0, 0.05) is 0 Å². The summed E-state index contributed by atoms with van der Waals surface area (Å²) in [5.41, 5.74) is 2.82. The van der Waals surface area contributed by atoms with Crippen LogP contribution in [0, 0.1) is 0 Å². The summed E-state index contributed by atoms with van der Waals surface area (Å²) in [7, 11) is 0. The summed E-state index contributed by atoms with van der Waals surface area (Å²) in [4.78, 5) is 0. The molecule has 33 heavy (non-hydrogen) atoms. The van der Waals surface area contributed by atoms with Crippen molar-refractivity contribution in [3.63, 3.8) is 0 Å². The minimum absolute atomic E-state index is 0.204. The lowest BCUT2D eigenvalue weighted by atomic mass is 9.98. The van der Waals surface area contributed by atoms with E-state index in [0.29, 0.717) is 0 Å². The van der Waals surface area contributed by atoms with Gasteiger partial charge in [-0.2, -0.15) is 0 Å². The van der Waals surface area contributed by atoms with Crippen LogP contribution in [0.4, 0.5) is 4.39 Å². The molecule has 5 atom stereocenters. The zero-order valence-corrected chi connectivity index (χ0v) is 18.3. The molecule has 5 nitrogen and oxygen atoms in total. The molecular formula is C27H29FO5. The van der Waals surface area contributed by atoms with Gasteiger partial charge in [-0.3, -0.25) is 0 Å². The van der Waals surface area contributed by atoms with E-state index in [2.05, 4.69) is 0 Å². The van der Waals surface area contributed by atoms with E-state index in [9.17, 15) is 5.11 Å². The van der Waals surface area contributed by atoms with E-state index in [4.69, 9.17) is 18.9 Å². The van der Waals surface area contributed by atoms with Crippen molar-refractivity contribution >= 4 is 0 Å². The van der Waals surface area contributed by atoms with Crippen LogP contribution in [0.5, 0.6) is 0 Å². The van der Waals surface area contributed by atoms with Gasteiger partial charge in [0.2, 0.25) is 6.36 Å². The molecule has 0 amide bonds. The van der Waals surface area contributed by atoms with Crippen LogP contribution in [-0.2, 0) is 38.8 Å². The van der Waals surface area contributed by atoms with Crippen molar-refractivity contribution in [3.05, 3.63) is 108 Å². The topological polar surface area (TPSA) is 57.2 Å². The molecule has 4 rings (SSSR count). The second-order valence-corrected chi connectivity index (χ2v) is 7.99. The van der Waals surface area contributed by atoms with E-state index in [1.54, 1.807) is 0 Å². The van der Waals surface area contributed by atoms with Crippen molar-refractivity contribution in [2.75, 3.05) is 6.61 Å². The highest BCUT2D eigenvalue weighted by Gasteiger charge is 2.48. The zero-order chi connectivity index (χ0) is 22.9. The van der Waals surface area contributed by atoms with E-state index in [1.807, 2.05) is 91.0 Å². The SMILES string of the molecule is OCC1O[C@H](F)C(OCc2ccccc2)[C@H](OCc2ccccc2)[C@H]1OCc1ccccc1. The molecule has 0 aliphatic carbocycles. The van der Waals surface area contributed by atoms with Gasteiger partial charge in [0.15, 0.2) is 0 Å². The second kappa shape index (κ2) is 12.0. The number of alkyl halides is 1. The lowest BCUT2D eigenvalue weighted by Crippen LogP contribution is -2.59. The van der Waals surface area contributed by atoms with Gasteiger partial charge >= 0.3 is 0 Å². The average Bonchev–Trinajstić information content (AvgIpc) is 2.87. The minimum atomic E-state index is -1.76. The predicted molar refractivity (Wildman–Crippen MR) is 122 cm³/mol. The van der Waals surface area contributed by atoms with Gasteiger partial charge in [-0.05, 0) is 16.7 Å². The standard InChI is InChI=1S/C27H29FO5/c28-27-26(32-19-22-14-8-3-9-15-22)25(31-18-21-12-6-2-7-13-21)24(23(16-29)33-27)30-17-20-10-4-1-5-11-20/h1-15,23-27,29H,16-19H2/t23?,24-,25+,26?,27-/m0/s1. The quantitative estimate of drug-likeness (QED) is 0.493. The highest BCUT2D eigenvalue weighted by Crippen LogP contribution is 2.30. The summed E-state index contributed by atoms with van der Waals surface area (Å²) < 4.78 is 38.9.